The largest absolute Gasteiger partial charge is 0.497 e. The molecule has 0 aliphatic heterocycles. The van der Waals surface area contributed by atoms with Crippen molar-refractivity contribution in [1.29, 1.82) is 0 Å². The van der Waals surface area contributed by atoms with E-state index in [1.54, 1.807) is 31.4 Å². The molecular weight excluding hydrogens is 294 g/mol. The zero-order valence-corrected chi connectivity index (χ0v) is 12.9. The Labute approximate surface area is 134 Å². The van der Waals surface area contributed by atoms with Crippen molar-refractivity contribution in [2.24, 2.45) is 5.92 Å². The molecule has 5 heteroatoms. The molecule has 5 nitrogen and oxygen atoms in total. The van der Waals surface area contributed by atoms with Gasteiger partial charge in [-0.2, -0.15) is 0 Å². The Bertz CT molecular complexity index is 652. The van der Waals surface area contributed by atoms with Crippen molar-refractivity contribution < 1.29 is 19.4 Å². The molecule has 2 rings (SSSR count). The standard InChI is InChI=1S/C18H19NO4/c1-23-16-9-7-13(8-10-16)11-14(18(21)22)12-17(20)19-15-5-3-2-4-6-15/h2-10,14H,11-12H2,1H3,(H,19,20)(H,21,22)/t14-/m1/s1. The van der Waals surface area contributed by atoms with E-state index in [0.29, 0.717) is 17.9 Å². The van der Waals surface area contributed by atoms with E-state index in [2.05, 4.69) is 5.32 Å². The number of carboxylic acids is 1. The molecule has 0 unspecified atom stereocenters. The summed E-state index contributed by atoms with van der Waals surface area (Å²) in [6.07, 6.45) is 0.220. The topological polar surface area (TPSA) is 75.6 Å². The number of carboxylic acid groups (broad SMARTS) is 1. The summed E-state index contributed by atoms with van der Waals surface area (Å²) in [6.45, 7) is 0. The second-order valence-corrected chi connectivity index (χ2v) is 5.21. The number of hydrogen-bond donors (Lipinski definition) is 2. The molecule has 120 valence electrons. The fourth-order valence-electron chi connectivity index (χ4n) is 2.25. The first-order valence-corrected chi connectivity index (χ1v) is 7.29. The number of ether oxygens (including phenoxy) is 1. The van der Waals surface area contributed by atoms with Crippen LogP contribution in [0.2, 0.25) is 0 Å². The van der Waals surface area contributed by atoms with E-state index in [4.69, 9.17) is 4.74 Å². The maximum absolute atomic E-state index is 12.0. The van der Waals surface area contributed by atoms with Gasteiger partial charge >= 0.3 is 5.97 Å². The molecule has 2 aromatic rings. The summed E-state index contributed by atoms with van der Waals surface area (Å²) >= 11 is 0. The van der Waals surface area contributed by atoms with Gasteiger partial charge in [0.1, 0.15) is 5.75 Å². The SMILES string of the molecule is COc1ccc(C[C@H](CC(=O)Nc2ccccc2)C(=O)O)cc1. The molecule has 0 aliphatic rings. The minimum atomic E-state index is -0.982. The Hall–Kier alpha value is -2.82. The molecule has 2 aromatic carbocycles. The van der Waals surface area contributed by atoms with Crippen LogP contribution in [0.4, 0.5) is 5.69 Å². The number of amides is 1. The molecule has 0 heterocycles. The van der Waals surface area contributed by atoms with E-state index in [1.807, 2.05) is 30.3 Å². The Balaban J connectivity index is 1.97. The third-order valence-electron chi connectivity index (χ3n) is 3.48. The molecule has 1 atom stereocenters. The minimum Gasteiger partial charge on any atom is -0.497 e. The smallest absolute Gasteiger partial charge is 0.307 e. The summed E-state index contributed by atoms with van der Waals surface area (Å²) in [5.74, 6) is -1.35. The lowest BCUT2D eigenvalue weighted by Crippen LogP contribution is -2.24. The molecule has 0 bridgehead atoms. The van der Waals surface area contributed by atoms with E-state index in [1.165, 1.54) is 0 Å². The second kappa shape index (κ2) is 7.98. The average molecular weight is 313 g/mol. The first kappa shape index (κ1) is 16.5. The zero-order valence-electron chi connectivity index (χ0n) is 12.9. The van der Waals surface area contributed by atoms with Crippen LogP contribution < -0.4 is 10.1 Å². The summed E-state index contributed by atoms with van der Waals surface area (Å²) in [4.78, 5) is 23.4. The summed E-state index contributed by atoms with van der Waals surface area (Å²) in [6, 6.07) is 16.2. The van der Waals surface area contributed by atoms with Gasteiger partial charge in [0.15, 0.2) is 0 Å². The van der Waals surface area contributed by atoms with Crippen LogP contribution in [-0.4, -0.2) is 24.1 Å². The van der Waals surface area contributed by atoms with Gasteiger partial charge in [-0.1, -0.05) is 30.3 Å². The summed E-state index contributed by atoms with van der Waals surface area (Å²) < 4.78 is 5.07. The predicted octanol–water partition coefficient (Wildman–Crippen LogP) is 2.97. The number of para-hydroxylation sites is 1. The third kappa shape index (κ3) is 5.14. The quantitative estimate of drug-likeness (QED) is 0.824. The van der Waals surface area contributed by atoms with Gasteiger partial charge < -0.3 is 15.2 Å². The van der Waals surface area contributed by atoms with Crippen molar-refractivity contribution in [3.63, 3.8) is 0 Å². The van der Waals surface area contributed by atoms with Crippen LogP contribution in [0.25, 0.3) is 0 Å². The molecule has 0 aliphatic carbocycles. The number of hydrogen-bond acceptors (Lipinski definition) is 3. The summed E-state index contributed by atoms with van der Waals surface area (Å²) in [5, 5.41) is 12.1. The second-order valence-electron chi connectivity index (χ2n) is 5.21. The Kier molecular flexibility index (Phi) is 5.74. The highest BCUT2D eigenvalue weighted by atomic mass is 16.5. The van der Waals surface area contributed by atoms with Gasteiger partial charge in [-0.25, -0.2) is 0 Å². The third-order valence-corrected chi connectivity index (χ3v) is 3.48. The van der Waals surface area contributed by atoms with Crippen molar-refractivity contribution in [2.45, 2.75) is 12.8 Å². The lowest BCUT2D eigenvalue weighted by molar-refractivity contribution is -0.143. The molecule has 0 fully saturated rings. The number of rotatable bonds is 7. The highest BCUT2D eigenvalue weighted by Gasteiger charge is 2.21. The van der Waals surface area contributed by atoms with Crippen LogP contribution >= 0.6 is 0 Å². The average Bonchev–Trinajstić information content (AvgIpc) is 2.55. The molecule has 0 radical (unpaired) electrons. The highest BCUT2D eigenvalue weighted by molar-refractivity contribution is 5.93. The Morgan fingerprint density at radius 2 is 1.74 bits per heavy atom. The fraction of sp³-hybridized carbons (Fsp3) is 0.222. The van der Waals surface area contributed by atoms with Gasteiger partial charge in [0.05, 0.1) is 13.0 Å². The fourth-order valence-corrected chi connectivity index (χ4v) is 2.25. The van der Waals surface area contributed by atoms with Crippen LogP contribution in [0.5, 0.6) is 5.75 Å². The van der Waals surface area contributed by atoms with Gasteiger partial charge in [-0.15, -0.1) is 0 Å². The molecule has 0 aromatic heterocycles. The van der Waals surface area contributed by atoms with Crippen molar-refractivity contribution in [2.75, 3.05) is 12.4 Å². The number of benzene rings is 2. The van der Waals surface area contributed by atoms with E-state index >= 15 is 0 Å². The highest BCUT2D eigenvalue weighted by Crippen LogP contribution is 2.18. The number of anilines is 1. The molecule has 1 amide bonds. The van der Waals surface area contributed by atoms with Gasteiger partial charge in [-0.3, -0.25) is 9.59 Å². The van der Waals surface area contributed by atoms with Crippen LogP contribution in [0.3, 0.4) is 0 Å². The first-order chi connectivity index (χ1) is 11.1. The number of methoxy groups -OCH3 is 1. The lowest BCUT2D eigenvalue weighted by atomic mass is 9.96. The van der Waals surface area contributed by atoms with Crippen molar-refractivity contribution in [3.05, 3.63) is 60.2 Å². The maximum Gasteiger partial charge on any atom is 0.307 e. The molecular formula is C18H19NO4. The van der Waals surface area contributed by atoms with Gasteiger partial charge in [-0.05, 0) is 36.2 Å². The molecule has 0 saturated carbocycles. The van der Waals surface area contributed by atoms with Crippen LogP contribution in [0.1, 0.15) is 12.0 Å². The molecule has 0 saturated heterocycles. The van der Waals surface area contributed by atoms with Crippen molar-refractivity contribution >= 4 is 17.6 Å². The molecule has 0 spiro atoms. The molecule has 2 N–H and O–H groups in total. The Morgan fingerprint density at radius 1 is 1.09 bits per heavy atom. The number of carbonyl (C=O) groups excluding carboxylic acids is 1. The van der Waals surface area contributed by atoms with Gasteiger partial charge in [0.25, 0.3) is 0 Å². The summed E-state index contributed by atoms with van der Waals surface area (Å²) in [7, 11) is 1.57. The normalized spacial score (nSPS) is 11.5. The van der Waals surface area contributed by atoms with E-state index in [-0.39, 0.29) is 12.3 Å². The number of aliphatic carboxylic acids is 1. The van der Waals surface area contributed by atoms with Crippen molar-refractivity contribution in [1.82, 2.24) is 0 Å². The van der Waals surface area contributed by atoms with E-state index in [0.717, 1.165) is 5.56 Å². The van der Waals surface area contributed by atoms with E-state index < -0.39 is 11.9 Å². The lowest BCUT2D eigenvalue weighted by Gasteiger charge is -2.13. The number of nitrogens with one attached hydrogen (secondary N) is 1. The monoisotopic (exact) mass is 313 g/mol. The number of carbonyl (C=O) groups is 2. The van der Waals surface area contributed by atoms with Gasteiger partial charge in [0, 0.05) is 12.1 Å². The maximum atomic E-state index is 12.0. The van der Waals surface area contributed by atoms with Crippen LogP contribution in [0.15, 0.2) is 54.6 Å². The molecule has 23 heavy (non-hydrogen) atoms. The van der Waals surface area contributed by atoms with Crippen molar-refractivity contribution in [3.8, 4) is 5.75 Å². The first-order valence-electron chi connectivity index (χ1n) is 7.29. The zero-order chi connectivity index (χ0) is 16.7. The minimum absolute atomic E-state index is 0.0732. The predicted molar refractivity (Wildman–Crippen MR) is 87.5 cm³/mol. The van der Waals surface area contributed by atoms with Crippen LogP contribution in [0, 0.1) is 5.92 Å². The summed E-state index contributed by atoms with van der Waals surface area (Å²) in [5.41, 5.74) is 1.51. The van der Waals surface area contributed by atoms with Crippen LogP contribution in [-0.2, 0) is 16.0 Å². The van der Waals surface area contributed by atoms with E-state index in [9.17, 15) is 14.7 Å². The van der Waals surface area contributed by atoms with Gasteiger partial charge in [0.2, 0.25) is 5.91 Å². The Morgan fingerprint density at radius 3 is 2.30 bits per heavy atom.